The molecule has 4 rings (SSSR count). The van der Waals surface area contributed by atoms with Crippen LogP contribution in [-0.2, 0) is 12.5 Å². The minimum Gasteiger partial charge on any atom is -0.340 e. The van der Waals surface area contributed by atoms with Gasteiger partial charge in [-0.1, -0.05) is 25.0 Å². The highest BCUT2D eigenvalue weighted by Crippen LogP contribution is 2.32. The van der Waals surface area contributed by atoms with Gasteiger partial charge >= 0.3 is 5.69 Å². The Labute approximate surface area is 164 Å². The molecule has 0 radical (unpaired) electrons. The van der Waals surface area contributed by atoms with Gasteiger partial charge in [0.05, 0.1) is 28.7 Å². The number of benzene rings is 1. The molecule has 28 heavy (non-hydrogen) atoms. The normalized spacial score (nSPS) is 15.1. The lowest BCUT2D eigenvalue weighted by atomic mass is 9.86. The molecule has 144 valence electrons. The Balaban J connectivity index is 1.68. The van der Waals surface area contributed by atoms with Gasteiger partial charge in [0, 0.05) is 24.8 Å². The zero-order valence-corrected chi connectivity index (χ0v) is 16.6. The van der Waals surface area contributed by atoms with Crippen molar-refractivity contribution in [3.63, 3.8) is 0 Å². The van der Waals surface area contributed by atoms with Crippen molar-refractivity contribution in [3.05, 3.63) is 52.6 Å². The van der Waals surface area contributed by atoms with Crippen molar-refractivity contribution in [1.82, 2.24) is 14.1 Å². The molecule has 0 saturated heterocycles. The van der Waals surface area contributed by atoms with Gasteiger partial charge in [-0.05, 0) is 44.4 Å². The number of anilines is 2. The summed E-state index contributed by atoms with van der Waals surface area (Å²) in [6, 6.07) is 12.4. The van der Waals surface area contributed by atoms with Crippen LogP contribution in [0.3, 0.4) is 0 Å². The van der Waals surface area contributed by atoms with E-state index in [1.54, 1.807) is 17.8 Å². The summed E-state index contributed by atoms with van der Waals surface area (Å²) >= 11 is 0. The third-order valence-corrected chi connectivity index (χ3v) is 5.82. The lowest BCUT2D eigenvalue weighted by Gasteiger charge is -2.16. The van der Waals surface area contributed by atoms with Crippen LogP contribution < -0.4 is 11.0 Å². The Kier molecular flexibility index (Phi) is 4.46. The minimum absolute atomic E-state index is 0.0314. The van der Waals surface area contributed by atoms with E-state index in [9.17, 15) is 10.1 Å². The summed E-state index contributed by atoms with van der Waals surface area (Å²) in [7, 11) is 1.81. The van der Waals surface area contributed by atoms with Crippen LogP contribution in [0.5, 0.6) is 0 Å². The van der Waals surface area contributed by atoms with Gasteiger partial charge in [0.2, 0.25) is 0 Å². The fourth-order valence-electron chi connectivity index (χ4n) is 4.02. The summed E-state index contributed by atoms with van der Waals surface area (Å²) in [5.41, 5.74) is 3.17. The van der Waals surface area contributed by atoms with Crippen molar-refractivity contribution >= 4 is 22.5 Å². The second-order valence-electron chi connectivity index (χ2n) is 8.15. The standard InChI is InChI=1S/C22H25N5O/c1-22(2,14-23)15-8-10-16(11-9-15)25-20-12-18-19(13-24-20)26(3)21(28)27(18)17-6-4-5-7-17/h8-13,17H,4-7H2,1-3H3,(H,24,25). The van der Waals surface area contributed by atoms with Crippen LogP contribution in [0, 0.1) is 11.3 Å². The molecule has 0 unspecified atom stereocenters. The van der Waals surface area contributed by atoms with Crippen molar-refractivity contribution in [1.29, 1.82) is 5.26 Å². The highest BCUT2D eigenvalue weighted by molar-refractivity contribution is 5.79. The second kappa shape index (κ2) is 6.83. The molecule has 2 heterocycles. The van der Waals surface area contributed by atoms with E-state index >= 15 is 0 Å². The summed E-state index contributed by atoms with van der Waals surface area (Å²) in [5.74, 6) is 0.706. The molecular weight excluding hydrogens is 350 g/mol. The zero-order valence-electron chi connectivity index (χ0n) is 16.6. The molecule has 1 fully saturated rings. The molecule has 2 aromatic heterocycles. The molecule has 6 heteroatoms. The van der Waals surface area contributed by atoms with E-state index in [-0.39, 0.29) is 11.7 Å². The van der Waals surface area contributed by atoms with Gasteiger partial charge in [-0.25, -0.2) is 9.78 Å². The largest absolute Gasteiger partial charge is 0.340 e. The maximum absolute atomic E-state index is 12.8. The van der Waals surface area contributed by atoms with E-state index < -0.39 is 5.41 Å². The summed E-state index contributed by atoms with van der Waals surface area (Å²) in [4.78, 5) is 17.3. The molecule has 0 atom stereocenters. The predicted octanol–water partition coefficient (Wildman–Crippen LogP) is 4.39. The molecule has 0 spiro atoms. The molecule has 0 bridgehead atoms. The Morgan fingerprint density at radius 2 is 1.86 bits per heavy atom. The fourth-order valence-corrected chi connectivity index (χ4v) is 4.02. The van der Waals surface area contributed by atoms with E-state index in [0.717, 1.165) is 35.1 Å². The van der Waals surface area contributed by atoms with Crippen LogP contribution in [0.15, 0.2) is 41.3 Å². The quantitative estimate of drug-likeness (QED) is 0.733. The molecule has 1 saturated carbocycles. The number of imidazole rings is 1. The van der Waals surface area contributed by atoms with Crippen molar-refractivity contribution in [2.75, 3.05) is 5.32 Å². The number of pyridine rings is 1. The van der Waals surface area contributed by atoms with Crippen LogP contribution in [0.4, 0.5) is 11.5 Å². The second-order valence-corrected chi connectivity index (χ2v) is 8.15. The number of aryl methyl sites for hydroxylation is 1. The molecule has 3 aromatic rings. The van der Waals surface area contributed by atoms with E-state index in [1.165, 1.54) is 12.8 Å². The van der Waals surface area contributed by atoms with Gasteiger partial charge in [0.1, 0.15) is 5.82 Å². The number of nitrogens with one attached hydrogen (secondary N) is 1. The molecule has 1 N–H and O–H groups in total. The first kappa shape index (κ1) is 18.3. The summed E-state index contributed by atoms with van der Waals surface area (Å²) in [6.07, 6.45) is 6.22. The number of rotatable bonds is 4. The predicted molar refractivity (Wildman–Crippen MR) is 111 cm³/mol. The summed E-state index contributed by atoms with van der Waals surface area (Å²) < 4.78 is 3.62. The fraction of sp³-hybridized carbons (Fsp3) is 0.409. The molecule has 0 amide bonds. The van der Waals surface area contributed by atoms with Crippen molar-refractivity contribution in [3.8, 4) is 6.07 Å². The van der Waals surface area contributed by atoms with Gasteiger partial charge in [0.15, 0.2) is 0 Å². The molecule has 1 aromatic carbocycles. The van der Waals surface area contributed by atoms with Crippen LogP contribution in [0.2, 0.25) is 0 Å². The Morgan fingerprint density at radius 1 is 1.18 bits per heavy atom. The van der Waals surface area contributed by atoms with Gasteiger partial charge in [-0.2, -0.15) is 5.26 Å². The van der Waals surface area contributed by atoms with E-state index in [1.807, 2.05) is 48.7 Å². The highest BCUT2D eigenvalue weighted by atomic mass is 16.1. The van der Waals surface area contributed by atoms with E-state index in [0.29, 0.717) is 5.82 Å². The third-order valence-electron chi connectivity index (χ3n) is 5.82. The first-order valence-corrected chi connectivity index (χ1v) is 9.76. The number of aromatic nitrogens is 3. The number of nitrogens with zero attached hydrogens (tertiary/aromatic N) is 4. The minimum atomic E-state index is -0.517. The number of hydrogen-bond acceptors (Lipinski definition) is 4. The summed E-state index contributed by atoms with van der Waals surface area (Å²) in [5, 5.41) is 12.6. The first-order valence-electron chi connectivity index (χ1n) is 9.76. The van der Waals surface area contributed by atoms with E-state index in [2.05, 4.69) is 16.4 Å². The third kappa shape index (κ3) is 3.07. The van der Waals surface area contributed by atoms with Crippen molar-refractivity contribution in [2.24, 2.45) is 7.05 Å². The van der Waals surface area contributed by atoms with Crippen molar-refractivity contribution < 1.29 is 0 Å². The zero-order chi connectivity index (χ0) is 19.9. The average Bonchev–Trinajstić information content (AvgIpc) is 3.30. The lowest BCUT2D eigenvalue weighted by molar-refractivity contribution is 0.509. The topological polar surface area (TPSA) is 75.6 Å². The maximum atomic E-state index is 12.8. The van der Waals surface area contributed by atoms with Crippen molar-refractivity contribution in [2.45, 2.75) is 51.0 Å². The first-order chi connectivity index (χ1) is 13.4. The highest BCUT2D eigenvalue weighted by Gasteiger charge is 2.23. The molecule has 1 aliphatic carbocycles. The van der Waals surface area contributed by atoms with Gasteiger partial charge in [-0.3, -0.25) is 9.13 Å². The molecule has 0 aliphatic heterocycles. The maximum Gasteiger partial charge on any atom is 0.329 e. The Morgan fingerprint density at radius 3 is 2.50 bits per heavy atom. The van der Waals surface area contributed by atoms with Crippen LogP contribution >= 0.6 is 0 Å². The summed E-state index contributed by atoms with van der Waals surface area (Å²) in [6.45, 7) is 3.81. The SMILES string of the molecule is Cn1c(=O)n(C2CCCC2)c2cc(Nc3ccc(C(C)(C)C#N)cc3)ncc21. The number of fused-ring (bicyclic) bond motifs is 1. The van der Waals surface area contributed by atoms with Crippen LogP contribution in [0.1, 0.15) is 51.1 Å². The van der Waals surface area contributed by atoms with Crippen LogP contribution in [-0.4, -0.2) is 14.1 Å². The lowest BCUT2D eigenvalue weighted by Crippen LogP contribution is -2.24. The van der Waals surface area contributed by atoms with Crippen LogP contribution in [0.25, 0.3) is 11.0 Å². The molecular formula is C22H25N5O. The Bertz CT molecular complexity index is 1110. The Hall–Kier alpha value is -3.07. The number of hydrogen-bond donors (Lipinski definition) is 1. The molecule has 6 nitrogen and oxygen atoms in total. The molecule has 1 aliphatic rings. The number of nitriles is 1. The van der Waals surface area contributed by atoms with E-state index in [4.69, 9.17) is 0 Å². The van der Waals surface area contributed by atoms with Gasteiger partial charge < -0.3 is 5.32 Å². The monoisotopic (exact) mass is 375 g/mol. The average molecular weight is 375 g/mol. The van der Waals surface area contributed by atoms with Gasteiger partial charge in [-0.15, -0.1) is 0 Å². The smallest absolute Gasteiger partial charge is 0.329 e. The van der Waals surface area contributed by atoms with Gasteiger partial charge in [0.25, 0.3) is 0 Å².